The van der Waals surface area contributed by atoms with Crippen molar-refractivity contribution in [3.05, 3.63) is 29.3 Å². The van der Waals surface area contributed by atoms with Crippen LogP contribution in [0.1, 0.15) is 12.5 Å². The zero-order valence-electron chi connectivity index (χ0n) is 13.0. The van der Waals surface area contributed by atoms with E-state index in [1.807, 2.05) is 6.07 Å². The van der Waals surface area contributed by atoms with Gasteiger partial charge >= 0.3 is 0 Å². The number of methoxy groups -OCH3 is 1. The van der Waals surface area contributed by atoms with E-state index in [0.717, 1.165) is 0 Å². The minimum absolute atomic E-state index is 0.0137. The zero-order chi connectivity index (χ0) is 17.1. The van der Waals surface area contributed by atoms with Gasteiger partial charge in [-0.3, -0.25) is 9.79 Å². The Kier molecular flexibility index (Phi) is 7.58. The van der Waals surface area contributed by atoms with Crippen molar-refractivity contribution in [2.75, 3.05) is 20.2 Å². The van der Waals surface area contributed by atoms with Crippen molar-refractivity contribution in [3.63, 3.8) is 0 Å². The topological polar surface area (TPSA) is 107 Å². The number of nitrogens with zero attached hydrogens (tertiary/aromatic N) is 3. The summed E-state index contributed by atoms with van der Waals surface area (Å²) in [5.41, 5.74) is 0.523. The molecule has 23 heavy (non-hydrogen) atoms. The average Bonchev–Trinajstić information content (AvgIpc) is 2.56. The minimum Gasteiger partial charge on any atom is -0.504 e. The van der Waals surface area contributed by atoms with E-state index < -0.39 is 5.91 Å². The molecule has 120 valence electrons. The van der Waals surface area contributed by atoms with Gasteiger partial charge in [0.25, 0.3) is 5.91 Å². The summed E-state index contributed by atoms with van der Waals surface area (Å²) in [5.74, 6) is -0.240. The summed E-state index contributed by atoms with van der Waals surface area (Å²) in [6.07, 6.45) is 4.42. The fraction of sp³-hybridized carbons (Fsp3) is 0.250. The predicted molar refractivity (Wildman–Crippen MR) is 88.8 cm³/mol. The maximum absolute atomic E-state index is 11.9. The Morgan fingerprint density at radius 2 is 2.30 bits per heavy atom. The van der Waals surface area contributed by atoms with Gasteiger partial charge in [0.2, 0.25) is 0 Å². The Morgan fingerprint density at radius 1 is 1.52 bits per heavy atom. The van der Waals surface area contributed by atoms with Crippen molar-refractivity contribution in [3.8, 4) is 17.6 Å². The summed E-state index contributed by atoms with van der Waals surface area (Å²) in [4.78, 5) is 19.7. The average molecular weight is 314 g/mol. The maximum atomic E-state index is 11.9. The molecule has 1 aromatic rings. The van der Waals surface area contributed by atoms with Gasteiger partial charge in [0.05, 0.1) is 13.7 Å². The Labute approximate surface area is 134 Å². The van der Waals surface area contributed by atoms with Gasteiger partial charge in [-0.25, -0.2) is 4.99 Å². The molecule has 0 heterocycles. The van der Waals surface area contributed by atoms with E-state index in [-0.39, 0.29) is 17.1 Å². The van der Waals surface area contributed by atoms with E-state index in [2.05, 4.69) is 15.3 Å². The van der Waals surface area contributed by atoms with Gasteiger partial charge in [-0.1, -0.05) is 6.07 Å². The summed E-state index contributed by atoms with van der Waals surface area (Å²) in [7, 11) is 1.42. The van der Waals surface area contributed by atoms with E-state index in [4.69, 9.17) is 10.00 Å². The van der Waals surface area contributed by atoms with Crippen LogP contribution in [0.4, 0.5) is 0 Å². The summed E-state index contributed by atoms with van der Waals surface area (Å²) in [6.45, 7) is 2.44. The minimum atomic E-state index is -0.492. The van der Waals surface area contributed by atoms with Gasteiger partial charge in [-0.05, 0) is 30.7 Å². The molecular formula is C16H18N4O3. The van der Waals surface area contributed by atoms with Crippen LogP contribution >= 0.6 is 0 Å². The summed E-state index contributed by atoms with van der Waals surface area (Å²) in [5, 5.41) is 21.2. The van der Waals surface area contributed by atoms with E-state index in [9.17, 15) is 9.90 Å². The first kappa shape index (κ1) is 17.9. The lowest BCUT2D eigenvalue weighted by Crippen LogP contribution is -2.27. The zero-order valence-corrected chi connectivity index (χ0v) is 13.0. The Bertz CT molecular complexity index is 672. The molecule has 0 atom stereocenters. The first-order valence-electron chi connectivity index (χ1n) is 6.85. The fourth-order valence-electron chi connectivity index (χ4n) is 1.60. The highest BCUT2D eigenvalue weighted by molar-refractivity contribution is 6.01. The second kappa shape index (κ2) is 9.73. The fourth-order valence-corrected chi connectivity index (χ4v) is 1.60. The van der Waals surface area contributed by atoms with Crippen LogP contribution in [-0.2, 0) is 4.79 Å². The van der Waals surface area contributed by atoms with Crippen molar-refractivity contribution < 1.29 is 14.6 Å². The molecule has 1 aromatic carbocycles. The third kappa shape index (κ3) is 6.01. The van der Waals surface area contributed by atoms with E-state index in [0.29, 0.717) is 18.7 Å². The van der Waals surface area contributed by atoms with Gasteiger partial charge in [0, 0.05) is 12.8 Å². The lowest BCUT2D eigenvalue weighted by atomic mass is 10.1. The van der Waals surface area contributed by atoms with E-state index >= 15 is 0 Å². The number of hydrogen-bond donors (Lipinski definition) is 2. The van der Waals surface area contributed by atoms with Crippen molar-refractivity contribution in [1.82, 2.24) is 5.32 Å². The summed E-state index contributed by atoms with van der Waals surface area (Å²) >= 11 is 0. The number of amides is 1. The number of nitrogens with one attached hydrogen (secondary N) is 1. The second-order valence-electron chi connectivity index (χ2n) is 4.29. The number of carbonyl (C=O) groups excluding carboxylic acids is 1. The van der Waals surface area contributed by atoms with Crippen molar-refractivity contribution >= 4 is 24.5 Å². The van der Waals surface area contributed by atoms with Gasteiger partial charge in [0.15, 0.2) is 11.5 Å². The van der Waals surface area contributed by atoms with Gasteiger partial charge in [-0.2, -0.15) is 5.26 Å². The molecule has 7 nitrogen and oxygen atoms in total. The van der Waals surface area contributed by atoms with Crippen molar-refractivity contribution in [2.24, 2.45) is 9.98 Å². The molecule has 0 aromatic heterocycles. The number of hydrogen-bond acceptors (Lipinski definition) is 5. The third-order valence-corrected chi connectivity index (χ3v) is 2.70. The largest absolute Gasteiger partial charge is 0.504 e. The maximum Gasteiger partial charge on any atom is 0.262 e. The number of aromatic hydroxyl groups is 1. The van der Waals surface area contributed by atoms with Crippen molar-refractivity contribution in [2.45, 2.75) is 6.92 Å². The molecule has 0 bridgehead atoms. The summed E-state index contributed by atoms with van der Waals surface area (Å²) < 4.78 is 4.98. The normalized spacial score (nSPS) is 11.6. The molecule has 0 spiro atoms. The van der Waals surface area contributed by atoms with Crippen LogP contribution in [0.25, 0.3) is 6.08 Å². The molecule has 0 saturated heterocycles. The molecule has 1 amide bonds. The first-order valence-corrected chi connectivity index (χ1v) is 6.85. The molecule has 0 unspecified atom stereocenters. The van der Waals surface area contributed by atoms with Crippen LogP contribution in [0.3, 0.4) is 0 Å². The van der Waals surface area contributed by atoms with Gasteiger partial charge in [0.1, 0.15) is 18.0 Å². The molecule has 0 fully saturated rings. The van der Waals surface area contributed by atoms with Crippen LogP contribution in [0.15, 0.2) is 33.8 Å². The molecule has 0 aliphatic carbocycles. The van der Waals surface area contributed by atoms with Crippen LogP contribution in [0.2, 0.25) is 0 Å². The highest BCUT2D eigenvalue weighted by atomic mass is 16.5. The SMILES string of the molecule is CC=NC=NCCNC(=O)/C(C#N)=C/c1ccc(O)c(OC)c1. The molecule has 2 N–H and O–H groups in total. The first-order chi connectivity index (χ1) is 11.1. The number of aliphatic imine (C=N–C) groups is 2. The molecular weight excluding hydrogens is 296 g/mol. The predicted octanol–water partition coefficient (Wildman–Crippen LogP) is 1.54. The molecule has 7 heteroatoms. The molecule has 0 radical (unpaired) electrons. The Morgan fingerprint density at radius 3 is 2.96 bits per heavy atom. The third-order valence-electron chi connectivity index (χ3n) is 2.70. The van der Waals surface area contributed by atoms with E-state index in [1.165, 1.54) is 31.7 Å². The smallest absolute Gasteiger partial charge is 0.262 e. The monoisotopic (exact) mass is 314 g/mol. The Balaban J connectivity index is 2.71. The molecule has 0 aliphatic rings. The number of ether oxygens (including phenoxy) is 1. The number of carbonyl (C=O) groups is 1. The van der Waals surface area contributed by atoms with Crippen LogP contribution in [-0.4, -0.2) is 43.8 Å². The lowest BCUT2D eigenvalue weighted by molar-refractivity contribution is -0.116. The second-order valence-corrected chi connectivity index (χ2v) is 4.29. The number of phenolic OH excluding ortho intramolecular Hbond substituents is 1. The molecule has 1 rings (SSSR count). The number of rotatable bonds is 7. The molecule has 0 saturated carbocycles. The van der Waals surface area contributed by atoms with E-state index in [1.54, 1.807) is 19.2 Å². The van der Waals surface area contributed by atoms with Gasteiger partial charge in [-0.15, -0.1) is 0 Å². The summed E-state index contributed by atoms with van der Waals surface area (Å²) in [6, 6.07) is 6.39. The number of phenols is 1. The van der Waals surface area contributed by atoms with Crippen LogP contribution < -0.4 is 10.1 Å². The quantitative estimate of drug-likeness (QED) is 0.262. The standard InChI is InChI=1S/C16H18N4O3/c1-3-18-11-19-6-7-20-16(22)13(10-17)8-12-4-5-14(21)15(9-12)23-2/h3-5,8-9,11,21H,6-7H2,1-2H3,(H,20,22)/b13-8+,18-3?,19-11?. The van der Waals surface area contributed by atoms with Gasteiger partial charge < -0.3 is 15.2 Å². The van der Waals surface area contributed by atoms with Crippen LogP contribution in [0.5, 0.6) is 11.5 Å². The number of nitriles is 1. The highest BCUT2D eigenvalue weighted by Gasteiger charge is 2.09. The van der Waals surface area contributed by atoms with Crippen molar-refractivity contribution in [1.29, 1.82) is 5.26 Å². The van der Waals surface area contributed by atoms with Crippen LogP contribution in [0, 0.1) is 11.3 Å². The number of benzene rings is 1. The Hall–Kier alpha value is -3.14. The lowest BCUT2D eigenvalue weighted by Gasteiger charge is -2.05. The molecule has 0 aliphatic heterocycles. The highest BCUT2D eigenvalue weighted by Crippen LogP contribution is 2.27.